The van der Waals surface area contributed by atoms with Crippen LogP contribution in [0.5, 0.6) is 5.75 Å². The Morgan fingerprint density at radius 1 is 0.690 bits per heavy atom. The van der Waals surface area contributed by atoms with E-state index in [2.05, 4.69) is 88.6 Å². The molecule has 0 radical (unpaired) electrons. The first kappa shape index (κ1) is 40.6. The third-order valence-corrected chi connectivity index (χ3v) is 13.3. The summed E-state index contributed by atoms with van der Waals surface area (Å²) in [7, 11) is 1.65. The topological polar surface area (TPSA) is 94.6 Å². The molecule has 7 aromatic rings. The lowest BCUT2D eigenvalue weighted by Crippen LogP contribution is -2.12. The van der Waals surface area contributed by atoms with Gasteiger partial charge in [0, 0.05) is 68.6 Å². The van der Waals surface area contributed by atoms with Crippen LogP contribution in [0.25, 0.3) is 56.7 Å². The van der Waals surface area contributed by atoms with Gasteiger partial charge in [-0.3, -0.25) is 4.79 Å². The van der Waals surface area contributed by atoms with E-state index in [1.54, 1.807) is 58.5 Å². The number of carbonyl (C=O) groups is 1. The number of carbonyl (C=O) groups excluding carboxylic acids is 1. The van der Waals surface area contributed by atoms with Gasteiger partial charge >= 0.3 is 0 Å². The van der Waals surface area contributed by atoms with E-state index in [0.29, 0.717) is 45.3 Å². The standard InChI is InChI=1S/C45H37N3O6S4/c1-30(47-2)22-38-24-42-44(55-38)26-40(57-42)31-4-8-33(9-5-31)48(35-12-14-36(15-13-35)53-21-20-52-19-18-51-17-16-50-3)34-10-6-32(7-11-34)41-27-45-43(58-41)25-39(56-45)23-37(28-46)54-29-49/h4-15,22-27,29H,16-21H2,1,3H3/b30-22-,37-23+. The molecular formula is C45H37N3O6S4. The molecule has 7 rings (SSSR count). The van der Waals surface area contributed by atoms with Gasteiger partial charge < -0.3 is 28.6 Å². The average Bonchev–Trinajstić information content (AvgIpc) is 4.02. The minimum atomic E-state index is -0.0373. The van der Waals surface area contributed by atoms with E-state index in [-0.39, 0.29) is 12.2 Å². The average molecular weight is 844 g/mol. The van der Waals surface area contributed by atoms with Crippen molar-refractivity contribution in [1.82, 2.24) is 0 Å². The Labute approximate surface area is 352 Å². The Hall–Kier alpha value is -5.61. The van der Waals surface area contributed by atoms with Gasteiger partial charge in [0.25, 0.3) is 6.47 Å². The number of thiophene rings is 4. The van der Waals surface area contributed by atoms with Crippen LogP contribution in [0.15, 0.2) is 109 Å². The highest BCUT2D eigenvalue weighted by molar-refractivity contribution is 7.30. The summed E-state index contributed by atoms with van der Waals surface area (Å²) in [5.41, 5.74) is 5.92. The lowest BCUT2D eigenvalue weighted by Gasteiger charge is -2.26. The number of nitrogens with zero attached hydrogens (tertiary/aromatic N) is 3. The fourth-order valence-electron chi connectivity index (χ4n) is 6.02. The minimum absolute atomic E-state index is 0.0373. The van der Waals surface area contributed by atoms with Crippen molar-refractivity contribution in [3.8, 4) is 32.7 Å². The maximum absolute atomic E-state index is 10.7. The van der Waals surface area contributed by atoms with E-state index in [0.717, 1.165) is 58.0 Å². The summed E-state index contributed by atoms with van der Waals surface area (Å²) in [5, 5.41) is 9.22. The van der Waals surface area contributed by atoms with Crippen molar-refractivity contribution in [2.75, 3.05) is 51.7 Å². The fraction of sp³-hybridized carbons (Fsp3) is 0.178. The zero-order valence-corrected chi connectivity index (χ0v) is 34.9. The van der Waals surface area contributed by atoms with Crippen LogP contribution in [0.4, 0.5) is 17.1 Å². The second kappa shape index (κ2) is 19.7. The van der Waals surface area contributed by atoms with Gasteiger partial charge in [0.05, 0.1) is 39.6 Å². The molecule has 0 aliphatic rings. The van der Waals surface area contributed by atoms with Gasteiger partial charge in [-0.05, 0) is 96.9 Å². The van der Waals surface area contributed by atoms with E-state index >= 15 is 0 Å². The predicted molar refractivity (Wildman–Crippen MR) is 239 cm³/mol. The van der Waals surface area contributed by atoms with Gasteiger partial charge in [-0.25, -0.2) is 4.85 Å². The Balaban J connectivity index is 1.10. The number of allylic oxidation sites excluding steroid dienone is 2. The molecule has 4 aromatic heterocycles. The summed E-state index contributed by atoms with van der Waals surface area (Å²) >= 11 is 6.69. The molecule has 3 aromatic carbocycles. The molecule has 0 spiro atoms. The maximum Gasteiger partial charge on any atom is 0.299 e. The molecule has 0 bridgehead atoms. The number of benzene rings is 3. The van der Waals surface area contributed by atoms with Crippen LogP contribution >= 0.6 is 45.3 Å². The highest BCUT2D eigenvalue weighted by atomic mass is 32.1. The largest absolute Gasteiger partial charge is 0.491 e. The second-order valence-electron chi connectivity index (χ2n) is 12.7. The maximum atomic E-state index is 10.7. The van der Waals surface area contributed by atoms with Crippen LogP contribution in [0.3, 0.4) is 0 Å². The molecule has 4 heterocycles. The molecule has 0 N–H and O–H groups in total. The lowest BCUT2D eigenvalue weighted by atomic mass is 10.1. The summed E-state index contributed by atoms with van der Waals surface area (Å²) < 4.78 is 31.4. The zero-order valence-electron chi connectivity index (χ0n) is 31.6. The normalized spacial score (nSPS) is 11.8. The number of nitriles is 1. The monoisotopic (exact) mass is 843 g/mol. The second-order valence-corrected chi connectivity index (χ2v) is 17.1. The molecule has 58 heavy (non-hydrogen) atoms. The first-order valence-electron chi connectivity index (χ1n) is 18.2. The van der Waals surface area contributed by atoms with Crippen molar-refractivity contribution in [3.63, 3.8) is 0 Å². The summed E-state index contributed by atoms with van der Waals surface area (Å²) in [6, 6.07) is 35.7. The molecule has 0 aliphatic carbocycles. The van der Waals surface area contributed by atoms with E-state index < -0.39 is 0 Å². The van der Waals surface area contributed by atoms with Crippen molar-refractivity contribution in [1.29, 1.82) is 5.26 Å². The molecule has 13 heteroatoms. The Morgan fingerprint density at radius 3 is 1.66 bits per heavy atom. The number of anilines is 3. The summed E-state index contributed by atoms with van der Waals surface area (Å²) in [5.74, 6) is 0.719. The molecule has 0 atom stereocenters. The number of ether oxygens (including phenoxy) is 5. The molecule has 0 unspecified atom stereocenters. The van der Waals surface area contributed by atoms with Crippen LogP contribution < -0.4 is 9.64 Å². The SMILES string of the molecule is [C-]#[N+]/C(C)=C\c1cc2sc(-c3ccc(N(c4ccc(OCCOCCOCCOC)cc4)c4ccc(-c5cc6sc(/C=C(\C#N)OC=O)cc6s5)cc4)cc3)cc2s1. The molecule has 0 saturated carbocycles. The summed E-state index contributed by atoms with van der Waals surface area (Å²) in [6.07, 6.45) is 3.52. The molecule has 0 aliphatic heterocycles. The molecule has 9 nitrogen and oxygen atoms in total. The highest BCUT2D eigenvalue weighted by Gasteiger charge is 2.16. The molecule has 0 saturated heterocycles. The Kier molecular flexibility index (Phi) is 13.8. The summed E-state index contributed by atoms with van der Waals surface area (Å²) in [6.45, 7) is 12.4. The molecule has 0 fully saturated rings. The fourth-order valence-corrected chi connectivity index (χ4v) is 10.8. The van der Waals surface area contributed by atoms with Gasteiger partial charge in [0.2, 0.25) is 5.76 Å². The summed E-state index contributed by atoms with van der Waals surface area (Å²) in [4.78, 5) is 20.7. The third-order valence-electron chi connectivity index (χ3n) is 8.75. The van der Waals surface area contributed by atoms with Gasteiger partial charge in [0.15, 0.2) is 5.70 Å². The van der Waals surface area contributed by atoms with Gasteiger partial charge in [-0.1, -0.05) is 24.3 Å². The van der Waals surface area contributed by atoms with Gasteiger partial charge in [-0.2, -0.15) is 5.26 Å². The van der Waals surface area contributed by atoms with E-state index in [4.69, 9.17) is 30.3 Å². The smallest absolute Gasteiger partial charge is 0.299 e. The van der Waals surface area contributed by atoms with Crippen LogP contribution in [-0.2, 0) is 23.7 Å². The number of hydrogen-bond donors (Lipinski definition) is 0. The quantitative estimate of drug-likeness (QED) is 0.0261. The van der Waals surface area contributed by atoms with Crippen molar-refractivity contribution in [2.45, 2.75) is 6.92 Å². The predicted octanol–water partition coefficient (Wildman–Crippen LogP) is 12.4. The minimum Gasteiger partial charge on any atom is -0.491 e. The first-order chi connectivity index (χ1) is 28.4. The lowest BCUT2D eigenvalue weighted by molar-refractivity contribution is -0.124. The molecular weight excluding hydrogens is 807 g/mol. The highest BCUT2D eigenvalue weighted by Crippen LogP contribution is 2.43. The van der Waals surface area contributed by atoms with Crippen LogP contribution in [-0.4, -0.2) is 53.2 Å². The van der Waals surface area contributed by atoms with Crippen molar-refractivity contribution in [2.24, 2.45) is 0 Å². The van der Waals surface area contributed by atoms with Crippen molar-refractivity contribution >= 4 is 99.8 Å². The van der Waals surface area contributed by atoms with E-state index in [9.17, 15) is 10.1 Å². The van der Waals surface area contributed by atoms with Gasteiger partial charge in [0.1, 0.15) is 18.4 Å². The molecule has 292 valence electrons. The third kappa shape index (κ3) is 10.1. The van der Waals surface area contributed by atoms with Crippen LogP contribution in [0.1, 0.15) is 16.7 Å². The van der Waals surface area contributed by atoms with E-state index in [1.165, 1.54) is 14.3 Å². The number of hydrogen-bond acceptors (Lipinski definition) is 12. The van der Waals surface area contributed by atoms with Crippen LogP contribution in [0, 0.1) is 17.9 Å². The van der Waals surface area contributed by atoms with Crippen molar-refractivity contribution < 1.29 is 28.5 Å². The first-order valence-corrected chi connectivity index (χ1v) is 21.4. The van der Waals surface area contributed by atoms with E-state index in [1.807, 2.05) is 37.3 Å². The number of fused-ring (bicyclic) bond motifs is 2. The molecule has 0 amide bonds. The Bertz CT molecular complexity index is 2560. The number of methoxy groups -OCH3 is 1. The number of rotatable bonds is 19. The van der Waals surface area contributed by atoms with Crippen LogP contribution in [0.2, 0.25) is 0 Å². The van der Waals surface area contributed by atoms with Crippen molar-refractivity contribution in [3.05, 3.63) is 130 Å². The van der Waals surface area contributed by atoms with Gasteiger partial charge in [-0.15, -0.1) is 45.3 Å². The zero-order chi connectivity index (χ0) is 40.3. The Morgan fingerprint density at radius 2 is 1.17 bits per heavy atom.